The van der Waals surface area contributed by atoms with Gasteiger partial charge in [0, 0.05) is 50.2 Å². The van der Waals surface area contributed by atoms with E-state index in [2.05, 4.69) is 217 Å². The molecule has 0 saturated carbocycles. The molecule has 3 nitrogen and oxygen atoms in total. The third-order valence-corrected chi connectivity index (χ3v) is 18.2. The molecule has 0 amide bonds. The Bertz CT molecular complexity index is 3480. The molecular formula is C65H70BN2O. The SMILES string of the molecule is Cc1cc2c(cc1N1c3cc4c(cc3[B]c3c(-c5cc6c(cc5Nc5ccc7c(c5)C(C)(C)CCC7(C)C)C(C)(C)CCC6(C)C)cc5ccccc5c31)oc1ccccc14)C(C)(C)CCC2(C)C. The predicted octanol–water partition coefficient (Wildman–Crippen LogP) is 16.9. The molecule has 0 unspecified atom stereocenters. The molecule has 1 aromatic heterocycles. The second kappa shape index (κ2) is 14.7. The van der Waals surface area contributed by atoms with Gasteiger partial charge in [0.2, 0.25) is 0 Å². The summed E-state index contributed by atoms with van der Waals surface area (Å²) in [6.07, 6.45) is 7.03. The molecule has 7 aromatic carbocycles. The molecule has 3 aliphatic carbocycles. The lowest BCUT2D eigenvalue weighted by Gasteiger charge is -2.44. The fourth-order valence-electron chi connectivity index (χ4n) is 13.3. The zero-order valence-corrected chi connectivity index (χ0v) is 43.6. The van der Waals surface area contributed by atoms with E-state index in [0.29, 0.717) is 0 Å². The second-order valence-corrected chi connectivity index (χ2v) is 25.7. The van der Waals surface area contributed by atoms with Crippen LogP contribution in [0.1, 0.15) is 161 Å². The van der Waals surface area contributed by atoms with Crippen molar-refractivity contribution in [3.8, 4) is 11.1 Å². The topological polar surface area (TPSA) is 28.4 Å². The van der Waals surface area contributed by atoms with Gasteiger partial charge in [-0.05, 0) is 188 Å². The van der Waals surface area contributed by atoms with E-state index in [1.165, 1.54) is 103 Å². The van der Waals surface area contributed by atoms with Crippen molar-refractivity contribution in [3.05, 3.63) is 148 Å². The van der Waals surface area contributed by atoms with E-state index in [4.69, 9.17) is 4.42 Å². The highest BCUT2D eigenvalue weighted by Gasteiger charge is 2.42. The van der Waals surface area contributed by atoms with Gasteiger partial charge in [-0.2, -0.15) is 0 Å². The van der Waals surface area contributed by atoms with E-state index in [0.717, 1.165) is 58.0 Å². The van der Waals surface area contributed by atoms with Crippen molar-refractivity contribution in [2.75, 3.05) is 10.2 Å². The van der Waals surface area contributed by atoms with Gasteiger partial charge in [-0.3, -0.25) is 0 Å². The highest BCUT2D eigenvalue weighted by molar-refractivity contribution is 6.74. The third kappa shape index (κ3) is 6.81. The fraction of sp³-hybridized carbons (Fsp3) is 0.385. The average molecular weight is 906 g/mol. The molecule has 8 aromatic rings. The lowest BCUT2D eigenvalue weighted by atomic mass is 9.57. The summed E-state index contributed by atoms with van der Waals surface area (Å²) in [4.78, 5) is 2.65. The number of rotatable bonds is 4. The van der Waals surface area contributed by atoms with E-state index in [1.807, 2.05) is 0 Å². The van der Waals surface area contributed by atoms with Crippen LogP contribution in [0.4, 0.5) is 28.4 Å². The van der Waals surface area contributed by atoms with Crippen LogP contribution in [0, 0.1) is 6.92 Å². The van der Waals surface area contributed by atoms with Crippen molar-refractivity contribution >= 4 is 79.4 Å². The van der Waals surface area contributed by atoms with Crippen LogP contribution in [0.3, 0.4) is 0 Å². The Morgan fingerprint density at radius 1 is 0.464 bits per heavy atom. The van der Waals surface area contributed by atoms with Crippen LogP contribution in [0.5, 0.6) is 0 Å². The smallest absolute Gasteiger partial charge is 0.198 e. The quantitative estimate of drug-likeness (QED) is 0.178. The Kier molecular flexibility index (Phi) is 9.45. The Morgan fingerprint density at radius 2 is 1.01 bits per heavy atom. The first-order valence-electron chi connectivity index (χ1n) is 26.0. The summed E-state index contributed by atoms with van der Waals surface area (Å²) in [5.74, 6) is 0. The van der Waals surface area contributed by atoms with E-state index >= 15 is 0 Å². The summed E-state index contributed by atoms with van der Waals surface area (Å²) in [7, 11) is 2.48. The van der Waals surface area contributed by atoms with Crippen LogP contribution in [0.15, 0.2) is 114 Å². The number of hydrogen-bond acceptors (Lipinski definition) is 3. The van der Waals surface area contributed by atoms with Gasteiger partial charge < -0.3 is 14.6 Å². The van der Waals surface area contributed by atoms with E-state index in [-0.39, 0.29) is 32.5 Å². The minimum absolute atomic E-state index is 0.0204. The zero-order valence-electron chi connectivity index (χ0n) is 43.6. The largest absolute Gasteiger partial charge is 0.456 e. The highest BCUT2D eigenvalue weighted by atomic mass is 16.3. The Hall–Kier alpha value is -5.74. The van der Waals surface area contributed by atoms with Gasteiger partial charge >= 0.3 is 0 Å². The highest BCUT2D eigenvalue weighted by Crippen LogP contribution is 2.54. The van der Waals surface area contributed by atoms with Gasteiger partial charge in [0.1, 0.15) is 11.2 Å². The number of hydrogen-bond donors (Lipinski definition) is 1. The van der Waals surface area contributed by atoms with Gasteiger partial charge in [0.25, 0.3) is 0 Å². The summed E-state index contributed by atoms with van der Waals surface area (Å²) in [6, 6.07) is 42.4. The van der Waals surface area contributed by atoms with Crippen LogP contribution in [0.2, 0.25) is 0 Å². The molecule has 4 aliphatic rings. The summed E-state index contributed by atoms with van der Waals surface area (Å²) in [5, 5.41) is 8.95. The number of furan rings is 1. The number of nitrogens with one attached hydrogen (secondary N) is 1. The molecule has 1 aliphatic heterocycles. The lowest BCUT2D eigenvalue weighted by molar-refractivity contribution is 0.332. The maximum Gasteiger partial charge on any atom is 0.198 e. The van der Waals surface area contributed by atoms with Crippen molar-refractivity contribution in [2.24, 2.45) is 0 Å². The van der Waals surface area contributed by atoms with E-state index < -0.39 is 0 Å². The minimum Gasteiger partial charge on any atom is -0.456 e. The van der Waals surface area contributed by atoms with Crippen molar-refractivity contribution in [2.45, 2.75) is 161 Å². The summed E-state index contributed by atoms with van der Waals surface area (Å²) >= 11 is 0. The number of aryl methyl sites for hydroxylation is 1. The van der Waals surface area contributed by atoms with E-state index in [9.17, 15) is 0 Å². The molecule has 2 heterocycles. The first-order valence-corrected chi connectivity index (χ1v) is 26.0. The molecule has 69 heavy (non-hydrogen) atoms. The number of fused-ring (bicyclic) bond motifs is 10. The molecule has 12 rings (SSSR count). The van der Waals surface area contributed by atoms with Crippen LogP contribution in [0.25, 0.3) is 43.8 Å². The molecule has 0 saturated heterocycles. The van der Waals surface area contributed by atoms with Crippen LogP contribution >= 0.6 is 0 Å². The first kappa shape index (κ1) is 44.5. The van der Waals surface area contributed by atoms with Crippen molar-refractivity contribution < 1.29 is 4.42 Å². The summed E-state index contributed by atoms with van der Waals surface area (Å²) in [5.41, 5.74) is 23.3. The molecule has 4 heteroatoms. The maximum absolute atomic E-state index is 6.69. The van der Waals surface area contributed by atoms with Gasteiger partial charge in [-0.1, -0.05) is 143 Å². The van der Waals surface area contributed by atoms with Crippen LogP contribution in [-0.4, -0.2) is 7.28 Å². The minimum atomic E-state index is 0.0204. The Balaban J connectivity index is 1.16. The number of anilines is 5. The average Bonchev–Trinajstić information content (AvgIpc) is 3.66. The second-order valence-electron chi connectivity index (χ2n) is 25.7. The van der Waals surface area contributed by atoms with Crippen molar-refractivity contribution in [1.82, 2.24) is 0 Å². The molecule has 1 radical (unpaired) electrons. The Morgan fingerprint density at radius 3 is 1.68 bits per heavy atom. The Labute approximate surface area is 412 Å². The standard InChI is InChI=1S/C65H70BN2O/c1-38-30-47-51(65(12,13)29-26-61(47,4)5)36-54(38)68-55-34-44-42-20-16-17-21-56(42)69-57(44)37-52(55)66-58-45(31-39-18-14-15-19-41(39)59(58)68)43-33-49-50(64(10,11)28-27-63(49,8)9)35-53(43)67-40-22-23-46-48(32-40)62(6,7)25-24-60(46,2)3/h14-23,30-37,67H,24-29H2,1-13H3. The van der Waals surface area contributed by atoms with Gasteiger partial charge in [-0.25, -0.2) is 0 Å². The number of nitrogens with zero attached hydrogens (tertiary/aromatic N) is 1. The molecule has 0 fully saturated rings. The molecule has 0 atom stereocenters. The van der Waals surface area contributed by atoms with Crippen LogP contribution in [-0.2, 0) is 32.5 Å². The van der Waals surface area contributed by atoms with Gasteiger partial charge in [0.15, 0.2) is 7.28 Å². The van der Waals surface area contributed by atoms with Crippen molar-refractivity contribution in [1.29, 1.82) is 0 Å². The summed E-state index contributed by atoms with van der Waals surface area (Å²) in [6.45, 7) is 31.7. The molecule has 1 N–H and O–H groups in total. The van der Waals surface area contributed by atoms with Crippen LogP contribution < -0.4 is 21.1 Å². The number of benzene rings is 7. The predicted molar refractivity (Wildman–Crippen MR) is 297 cm³/mol. The normalized spacial score (nSPS) is 19.8. The van der Waals surface area contributed by atoms with Crippen molar-refractivity contribution in [3.63, 3.8) is 0 Å². The van der Waals surface area contributed by atoms with Gasteiger partial charge in [-0.15, -0.1) is 0 Å². The van der Waals surface area contributed by atoms with Gasteiger partial charge in [0.05, 0.1) is 0 Å². The number of para-hydroxylation sites is 1. The molecule has 0 spiro atoms. The lowest BCUT2D eigenvalue weighted by Crippen LogP contribution is -2.42. The third-order valence-electron chi connectivity index (χ3n) is 18.2. The first-order chi connectivity index (χ1) is 32.5. The monoisotopic (exact) mass is 906 g/mol. The molecule has 349 valence electrons. The summed E-state index contributed by atoms with van der Waals surface area (Å²) < 4.78 is 6.69. The molecular weight excluding hydrogens is 836 g/mol. The zero-order chi connectivity index (χ0) is 48.4. The molecule has 0 bridgehead atoms. The van der Waals surface area contributed by atoms with E-state index in [1.54, 1.807) is 0 Å². The maximum atomic E-state index is 6.69. The fourth-order valence-corrected chi connectivity index (χ4v) is 13.3.